The molecule has 2 aliphatic rings. The molecule has 0 amide bonds. The average molecular weight is 709 g/mol. The zero-order valence-corrected chi connectivity index (χ0v) is 33.4. The summed E-state index contributed by atoms with van der Waals surface area (Å²) < 4.78 is 0. The second-order valence-corrected chi connectivity index (χ2v) is 15.9. The van der Waals surface area contributed by atoms with Crippen LogP contribution in [0.4, 0.5) is 0 Å². The number of benzene rings is 4. The van der Waals surface area contributed by atoms with Gasteiger partial charge in [-0.15, -0.1) is 0 Å². The van der Waals surface area contributed by atoms with E-state index in [9.17, 15) is 0 Å². The summed E-state index contributed by atoms with van der Waals surface area (Å²) in [6, 6.07) is 37.6. The van der Waals surface area contributed by atoms with Crippen molar-refractivity contribution in [1.82, 2.24) is 9.97 Å². The molecule has 0 atom stereocenters. The van der Waals surface area contributed by atoms with E-state index in [1.165, 1.54) is 104 Å². The Morgan fingerprint density at radius 1 is 0.389 bits per heavy atom. The first kappa shape index (κ1) is 36.2. The van der Waals surface area contributed by atoms with Crippen LogP contribution in [0.1, 0.15) is 126 Å². The Kier molecular flexibility index (Phi) is 9.90. The molecule has 0 unspecified atom stereocenters. The molecule has 0 bridgehead atoms. The minimum atomic E-state index is 0.0381. The maximum absolute atomic E-state index is 4.87. The molecule has 0 saturated heterocycles. The molecule has 2 aromatic heterocycles. The number of pyridine rings is 2. The standard InChI is InChI=1S/C52H56N2/c1-7-13-15-35-17-21-41-43-23-19-37(31-47(43)51(9-3,10-4)45(41)29-35)39-25-27-53-49(33-39)50-34-40(26-28-54-50)38-20-24-44-42-22-18-36(16-14-8-2)30-46(42)52(11-5,12-6)48(44)32-38/h17-34H,7-16H2,1-6H3. The SMILES string of the molecule is CCCCc1ccc2c(c1)C(CC)(CC)c1cc(-c3ccnc(-c4cc(-c5ccc6c(c5)C(CC)(CC)c5cc(CCCC)ccc5-6)ccn4)c3)ccc1-2. The van der Waals surface area contributed by atoms with Crippen molar-refractivity contribution in [3.8, 4) is 55.9 Å². The second-order valence-electron chi connectivity index (χ2n) is 15.9. The highest BCUT2D eigenvalue weighted by Crippen LogP contribution is 2.55. The summed E-state index contributed by atoms with van der Waals surface area (Å²) >= 11 is 0. The van der Waals surface area contributed by atoms with Crippen LogP contribution < -0.4 is 0 Å². The van der Waals surface area contributed by atoms with Crippen LogP contribution in [0.5, 0.6) is 0 Å². The van der Waals surface area contributed by atoms with E-state index in [2.05, 4.69) is 139 Å². The van der Waals surface area contributed by atoms with E-state index in [0.29, 0.717) is 0 Å². The van der Waals surface area contributed by atoms with E-state index in [-0.39, 0.29) is 10.8 Å². The molecule has 6 aromatic rings. The molecular formula is C52H56N2. The normalized spacial score (nSPS) is 14.4. The lowest BCUT2D eigenvalue weighted by atomic mass is 9.73. The third-order valence-corrected chi connectivity index (χ3v) is 13.4. The fourth-order valence-corrected chi connectivity index (χ4v) is 10.0. The van der Waals surface area contributed by atoms with E-state index in [1.807, 2.05) is 12.4 Å². The predicted octanol–water partition coefficient (Wildman–Crippen LogP) is 14.3. The van der Waals surface area contributed by atoms with Gasteiger partial charge in [0.1, 0.15) is 0 Å². The van der Waals surface area contributed by atoms with Gasteiger partial charge in [0.25, 0.3) is 0 Å². The monoisotopic (exact) mass is 708 g/mol. The summed E-state index contributed by atoms with van der Waals surface area (Å²) in [5, 5.41) is 0. The Morgan fingerprint density at radius 3 is 1.11 bits per heavy atom. The number of aromatic nitrogens is 2. The molecule has 0 N–H and O–H groups in total. The Balaban J connectivity index is 1.13. The van der Waals surface area contributed by atoms with Gasteiger partial charge in [-0.1, -0.05) is 115 Å². The van der Waals surface area contributed by atoms with E-state index in [1.54, 1.807) is 0 Å². The molecule has 2 nitrogen and oxygen atoms in total. The van der Waals surface area contributed by atoms with E-state index in [0.717, 1.165) is 49.9 Å². The van der Waals surface area contributed by atoms with E-state index in [4.69, 9.17) is 9.97 Å². The molecule has 0 fully saturated rings. The lowest BCUT2D eigenvalue weighted by Gasteiger charge is -2.30. The second kappa shape index (κ2) is 14.8. The van der Waals surface area contributed by atoms with Crippen molar-refractivity contribution in [3.05, 3.63) is 143 Å². The van der Waals surface area contributed by atoms with Crippen molar-refractivity contribution in [2.45, 2.75) is 117 Å². The molecule has 2 heteroatoms. The van der Waals surface area contributed by atoms with E-state index < -0.39 is 0 Å². The third-order valence-electron chi connectivity index (χ3n) is 13.4. The molecule has 0 radical (unpaired) electrons. The lowest BCUT2D eigenvalue weighted by molar-refractivity contribution is 0.490. The highest BCUT2D eigenvalue weighted by atomic mass is 14.8. The molecule has 8 rings (SSSR count). The van der Waals surface area contributed by atoms with Gasteiger partial charge in [0, 0.05) is 23.2 Å². The number of unbranched alkanes of at least 4 members (excludes halogenated alkanes) is 2. The number of rotatable bonds is 13. The highest BCUT2D eigenvalue weighted by Gasteiger charge is 2.42. The highest BCUT2D eigenvalue weighted by molar-refractivity contribution is 5.86. The first-order chi connectivity index (χ1) is 26.4. The summed E-state index contributed by atoms with van der Waals surface area (Å²) in [5.41, 5.74) is 21.3. The number of fused-ring (bicyclic) bond motifs is 6. The predicted molar refractivity (Wildman–Crippen MR) is 229 cm³/mol. The third kappa shape index (κ3) is 5.85. The van der Waals surface area contributed by atoms with Gasteiger partial charge in [0.15, 0.2) is 0 Å². The summed E-state index contributed by atoms with van der Waals surface area (Å²) in [4.78, 5) is 9.74. The lowest BCUT2D eigenvalue weighted by Crippen LogP contribution is -2.23. The van der Waals surface area contributed by atoms with Crippen LogP contribution in [0.2, 0.25) is 0 Å². The summed E-state index contributed by atoms with van der Waals surface area (Å²) in [5.74, 6) is 0. The molecule has 2 heterocycles. The molecule has 0 saturated carbocycles. The van der Waals surface area contributed by atoms with Crippen LogP contribution >= 0.6 is 0 Å². The number of hydrogen-bond donors (Lipinski definition) is 0. The van der Waals surface area contributed by atoms with Gasteiger partial charge < -0.3 is 0 Å². The van der Waals surface area contributed by atoms with Crippen LogP contribution in [0.3, 0.4) is 0 Å². The summed E-state index contributed by atoms with van der Waals surface area (Å²) in [6.45, 7) is 14.0. The van der Waals surface area contributed by atoms with Crippen molar-refractivity contribution >= 4 is 0 Å². The summed E-state index contributed by atoms with van der Waals surface area (Å²) in [6.07, 6.45) is 15.5. The van der Waals surface area contributed by atoms with Crippen LogP contribution in [0.25, 0.3) is 55.9 Å². The maximum Gasteiger partial charge on any atom is 0.0892 e. The summed E-state index contributed by atoms with van der Waals surface area (Å²) in [7, 11) is 0. The van der Waals surface area contributed by atoms with Gasteiger partial charge in [-0.05, 0) is 166 Å². The molecule has 4 aromatic carbocycles. The zero-order chi connectivity index (χ0) is 37.5. The zero-order valence-electron chi connectivity index (χ0n) is 33.4. The van der Waals surface area contributed by atoms with Crippen molar-refractivity contribution in [2.75, 3.05) is 0 Å². The van der Waals surface area contributed by atoms with Crippen LogP contribution in [-0.2, 0) is 23.7 Å². The number of nitrogens with zero attached hydrogens (tertiary/aromatic N) is 2. The molecule has 54 heavy (non-hydrogen) atoms. The fraction of sp³-hybridized carbons (Fsp3) is 0.346. The Morgan fingerprint density at radius 2 is 0.741 bits per heavy atom. The van der Waals surface area contributed by atoms with Crippen LogP contribution in [0, 0.1) is 0 Å². The molecule has 2 aliphatic carbocycles. The van der Waals surface area contributed by atoms with Gasteiger partial charge in [-0.25, -0.2) is 0 Å². The Bertz CT molecular complexity index is 2150. The molecule has 0 spiro atoms. The first-order valence-corrected chi connectivity index (χ1v) is 20.9. The molecule has 0 aliphatic heterocycles. The smallest absolute Gasteiger partial charge is 0.0892 e. The largest absolute Gasteiger partial charge is 0.255 e. The van der Waals surface area contributed by atoms with Gasteiger partial charge in [-0.2, -0.15) is 0 Å². The van der Waals surface area contributed by atoms with Crippen molar-refractivity contribution in [3.63, 3.8) is 0 Å². The minimum absolute atomic E-state index is 0.0381. The van der Waals surface area contributed by atoms with Gasteiger partial charge in [0.2, 0.25) is 0 Å². The number of aryl methyl sites for hydroxylation is 2. The van der Waals surface area contributed by atoms with Crippen LogP contribution in [-0.4, -0.2) is 9.97 Å². The van der Waals surface area contributed by atoms with Crippen LogP contribution in [0.15, 0.2) is 109 Å². The van der Waals surface area contributed by atoms with Crippen molar-refractivity contribution in [2.24, 2.45) is 0 Å². The fourth-order valence-electron chi connectivity index (χ4n) is 10.0. The Labute approximate surface area is 324 Å². The van der Waals surface area contributed by atoms with Crippen molar-refractivity contribution in [1.29, 1.82) is 0 Å². The quantitative estimate of drug-likeness (QED) is 0.119. The van der Waals surface area contributed by atoms with Crippen molar-refractivity contribution < 1.29 is 0 Å². The van der Waals surface area contributed by atoms with Gasteiger partial charge >= 0.3 is 0 Å². The van der Waals surface area contributed by atoms with E-state index >= 15 is 0 Å². The average Bonchev–Trinajstić information content (AvgIpc) is 3.67. The van der Waals surface area contributed by atoms with Gasteiger partial charge in [-0.3, -0.25) is 9.97 Å². The maximum atomic E-state index is 4.87. The molecular weight excluding hydrogens is 653 g/mol. The molecule has 274 valence electrons. The first-order valence-electron chi connectivity index (χ1n) is 20.9. The van der Waals surface area contributed by atoms with Gasteiger partial charge in [0.05, 0.1) is 11.4 Å². The Hall–Kier alpha value is -4.82. The number of hydrogen-bond acceptors (Lipinski definition) is 2. The minimum Gasteiger partial charge on any atom is -0.255 e. The topological polar surface area (TPSA) is 25.8 Å².